The molecule has 1 aromatic carbocycles. The van der Waals surface area contributed by atoms with Gasteiger partial charge in [-0.05, 0) is 50.8 Å². The Balaban J connectivity index is 1.73. The molecule has 2 aromatic rings. The summed E-state index contributed by atoms with van der Waals surface area (Å²) in [5.41, 5.74) is 0.957. The van der Waals surface area contributed by atoms with Gasteiger partial charge in [-0.1, -0.05) is 41.9 Å². The van der Waals surface area contributed by atoms with Gasteiger partial charge in [0.15, 0.2) is 0 Å². The van der Waals surface area contributed by atoms with Gasteiger partial charge in [-0.2, -0.15) is 0 Å². The van der Waals surface area contributed by atoms with Gasteiger partial charge in [0.25, 0.3) is 5.91 Å². The molecule has 1 aliphatic rings. The Morgan fingerprint density at radius 3 is 2.34 bits per heavy atom. The minimum atomic E-state index is -0.314. The minimum absolute atomic E-state index is 0.0500. The highest BCUT2D eigenvalue weighted by atomic mass is 35.5. The molecule has 0 bridgehead atoms. The van der Waals surface area contributed by atoms with Crippen molar-refractivity contribution in [1.29, 1.82) is 0 Å². The maximum Gasteiger partial charge on any atom is 0.416 e. The molecule has 0 unspecified atom stereocenters. The van der Waals surface area contributed by atoms with Crippen LogP contribution in [0.1, 0.15) is 54.4 Å². The fourth-order valence-corrected chi connectivity index (χ4v) is 4.93. The first kappa shape index (κ1) is 21.8. The molecule has 1 saturated heterocycles. The van der Waals surface area contributed by atoms with E-state index in [2.05, 4.69) is 24.5 Å². The number of carbonyl (C=O) groups excluding carboxylic acids is 2. The van der Waals surface area contributed by atoms with Gasteiger partial charge in [0.2, 0.25) is 0 Å². The molecule has 1 atom stereocenters. The number of urea groups is 1. The van der Waals surface area contributed by atoms with Crippen LogP contribution < -0.4 is 10.6 Å². The van der Waals surface area contributed by atoms with Crippen molar-refractivity contribution in [1.82, 2.24) is 10.6 Å². The van der Waals surface area contributed by atoms with Crippen molar-refractivity contribution in [2.75, 3.05) is 19.6 Å². The lowest BCUT2D eigenvalue weighted by Gasteiger charge is -2.42. The number of nitrogens with zero attached hydrogens (tertiary/aromatic N) is 1. The maximum atomic E-state index is 13.2. The molecular formula is C22H29ClN3O2S+. The molecule has 3 amide bonds. The van der Waals surface area contributed by atoms with Crippen molar-refractivity contribution in [3.05, 3.63) is 57.2 Å². The van der Waals surface area contributed by atoms with Crippen LogP contribution in [0.3, 0.4) is 0 Å². The molecule has 3 rings (SSSR count). The SMILES string of the molecule is CC(C)[N+]1(C(=O)NC[C@H](NC(=O)c2ccc(Cl)s2)c2ccccc2)CCCCC1. The molecule has 1 aromatic heterocycles. The van der Waals surface area contributed by atoms with Gasteiger partial charge >= 0.3 is 6.03 Å². The van der Waals surface area contributed by atoms with Crippen molar-refractivity contribution in [2.24, 2.45) is 0 Å². The maximum absolute atomic E-state index is 13.2. The van der Waals surface area contributed by atoms with E-state index in [9.17, 15) is 9.59 Å². The number of nitrogens with one attached hydrogen (secondary N) is 2. The Morgan fingerprint density at radius 1 is 1.07 bits per heavy atom. The van der Waals surface area contributed by atoms with E-state index in [1.807, 2.05) is 30.3 Å². The zero-order valence-electron chi connectivity index (χ0n) is 17.0. The Labute approximate surface area is 181 Å². The van der Waals surface area contributed by atoms with Crippen molar-refractivity contribution in [2.45, 2.75) is 45.2 Å². The summed E-state index contributed by atoms with van der Waals surface area (Å²) in [6.45, 7) is 6.32. The van der Waals surface area contributed by atoms with Gasteiger partial charge in [-0.3, -0.25) is 4.79 Å². The second-order valence-corrected chi connectivity index (χ2v) is 9.58. The monoisotopic (exact) mass is 434 g/mol. The highest BCUT2D eigenvalue weighted by molar-refractivity contribution is 7.18. The van der Waals surface area contributed by atoms with Gasteiger partial charge in [-0.25, -0.2) is 9.28 Å². The number of hydrogen-bond acceptors (Lipinski definition) is 3. The standard InChI is InChI=1S/C22H28ClN3O2S/c1-16(2)26(13-7-4-8-14-26)22(28)24-15-18(17-9-5-3-6-10-17)25-21(27)19-11-12-20(23)29-19/h3,5-6,9-12,16,18H,4,7-8,13-15H2,1-2H3,(H-,24,25,27,28)/p+1/t18-/m0/s1. The van der Waals surface area contributed by atoms with Crippen molar-refractivity contribution >= 4 is 34.9 Å². The summed E-state index contributed by atoms with van der Waals surface area (Å²) in [4.78, 5) is 26.4. The number of halogens is 1. The van der Waals surface area contributed by atoms with E-state index < -0.39 is 0 Å². The van der Waals surface area contributed by atoms with E-state index in [1.54, 1.807) is 12.1 Å². The minimum Gasteiger partial charge on any atom is -0.343 e. The average molecular weight is 435 g/mol. The third kappa shape index (κ3) is 5.18. The topological polar surface area (TPSA) is 58.2 Å². The first-order valence-corrected chi connectivity index (χ1v) is 11.4. The normalized spacial score (nSPS) is 17.0. The summed E-state index contributed by atoms with van der Waals surface area (Å²) in [6, 6.07) is 13.1. The summed E-state index contributed by atoms with van der Waals surface area (Å²) >= 11 is 7.22. The average Bonchev–Trinajstić information content (AvgIpc) is 3.18. The summed E-state index contributed by atoms with van der Waals surface area (Å²) in [5, 5.41) is 6.19. The van der Waals surface area contributed by atoms with Crippen LogP contribution in [-0.2, 0) is 0 Å². The highest BCUT2D eigenvalue weighted by Crippen LogP contribution is 2.25. The molecule has 2 heterocycles. The fraction of sp³-hybridized carbons (Fsp3) is 0.455. The van der Waals surface area contributed by atoms with Crippen LogP contribution in [0.25, 0.3) is 0 Å². The number of rotatable bonds is 6. The van der Waals surface area contributed by atoms with Crippen molar-refractivity contribution < 1.29 is 14.1 Å². The van der Waals surface area contributed by atoms with Crippen LogP contribution in [0, 0.1) is 0 Å². The molecule has 0 radical (unpaired) electrons. The van der Waals surface area contributed by atoms with Gasteiger partial charge in [0.1, 0.15) is 0 Å². The molecule has 1 fully saturated rings. The molecule has 156 valence electrons. The van der Waals surface area contributed by atoms with E-state index in [1.165, 1.54) is 17.8 Å². The number of hydrogen-bond donors (Lipinski definition) is 2. The Kier molecular flexibility index (Phi) is 7.33. The predicted octanol–water partition coefficient (Wildman–Crippen LogP) is 4.99. The second-order valence-electron chi connectivity index (χ2n) is 7.86. The number of piperidine rings is 1. The highest BCUT2D eigenvalue weighted by Gasteiger charge is 2.41. The van der Waals surface area contributed by atoms with Gasteiger partial charge in [0, 0.05) is 6.54 Å². The quantitative estimate of drug-likeness (QED) is 0.629. The van der Waals surface area contributed by atoms with E-state index >= 15 is 0 Å². The van der Waals surface area contributed by atoms with Crippen LogP contribution in [0.4, 0.5) is 4.79 Å². The molecule has 5 nitrogen and oxygen atoms in total. The van der Waals surface area contributed by atoms with Gasteiger partial charge in [0.05, 0.1) is 34.4 Å². The number of carbonyl (C=O) groups is 2. The van der Waals surface area contributed by atoms with Crippen LogP contribution >= 0.6 is 22.9 Å². The third-order valence-corrected chi connectivity index (χ3v) is 7.00. The zero-order chi connectivity index (χ0) is 20.9. The molecule has 2 N–H and O–H groups in total. The van der Waals surface area contributed by atoms with Crippen molar-refractivity contribution in [3.63, 3.8) is 0 Å². The number of thiophene rings is 1. The van der Waals surface area contributed by atoms with E-state index in [0.717, 1.165) is 31.5 Å². The predicted molar refractivity (Wildman–Crippen MR) is 118 cm³/mol. The van der Waals surface area contributed by atoms with Gasteiger partial charge in [-0.15, -0.1) is 11.3 Å². The molecule has 0 spiro atoms. The zero-order valence-corrected chi connectivity index (χ0v) is 18.6. The fourth-order valence-electron chi connectivity index (χ4n) is 3.98. The third-order valence-electron chi connectivity index (χ3n) is 5.77. The molecule has 29 heavy (non-hydrogen) atoms. The Morgan fingerprint density at radius 2 is 1.76 bits per heavy atom. The largest absolute Gasteiger partial charge is 0.416 e. The van der Waals surface area contributed by atoms with Crippen LogP contribution in [-0.4, -0.2) is 42.1 Å². The lowest BCUT2D eigenvalue weighted by Crippen LogP contribution is -2.63. The molecule has 1 aliphatic heterocycles. The number of benzene rings is 1. The summed E-state index contributed by atoms with van der Waals surface area (Å²) in [7, 11) is 0. The van der Waals surface area contributed by atoms with E-state index in [4.69, 9.17) is 11.6 Å². The van der Waals surface area contributed by atoms with Crippen LogP contribution in [0.2, 0.25) is 4.34 Å². The number of amides is 3. The lowest BCUT2D eigenvalue weighted by molar-refractivity contribution is -0.876. The molecular weight excluding hydrogens is 406 g/mol. The first-order valence-electron chi connectivity index (χ1n) is 10.2. The molecule has 0 saturated carbocycles. The summed E-state index contributed by atoms with van der Waals surface area (Å²) in [6.07, 6.45) is 3.33. The van der Waals surface area contributed by atoms with Crippen LogP contribution in [0.15, 0.2) is 42.5 Å². The first-order chi connectivity index (χ1) is 13.9. The smallest absolute Gasteiger partial charge is 0.343 e. The van der Waals surface area contributed by atoms with E-state index in [0.29, 0.717) is 20.2 Å². The summed E-state index contributed by atoms with van der Waals surface area (Å²) < 4.78 is 1.05. The Bertz CT molecular complexity index is 832. The molecule has 0 aliphatic carbocycles. The van der Waals surface area contributed by atoms with Crippen molar-refractivity contribution in [3.8, 4) is 0 Å². The second kappa shape index (κ2) is 9.74. The van der Waals surface area contributed by atoms with Crippen LogP contribution in [0.5, 0.6) is 0 Å². The number of likely N-dealkylation sites (tertiary alicyclic amines) is 1. The Hall–Kier alpha value is -1.89. The van der Waals surface area contributed by atoms with Gasteiger partial charge < -0.3 is 10.6 Å². The van der Waals surface area contributed by atoms with E-state index in [-0.39, 0.29) is 24.0 Å². The molecule has 7 heteroatoms. The summed E-state index contributed by atoms with van der Waals surface area (Å²) in [5.74, 6) is -0.185. The lowest BCUT2D eigenvalue weighted by atomic mass is 10.0. The number of quaternary nitrogens is 1.